The molecule has 5 heteroatoms. The number of phenolic OH excluding ortho intramolecular Hbond substituents is 1. The van der Waals surface area contributed by atoms with Crippen molar-refractivity contribution in [1.82, 2.24) is 0 Å². The van der Waals surface area contributed by atoms with Crippen LogP contribution in [-0.2, 0) is 4.79 Å². The van der Waals surface area contributed by atoms with Gasteiger partial charge < -0.3 is 15.2 Å². The number of phenols is 1. The lowest BCUT2D eigenvalue weighted by molar-refractivity contribution is -0.123. The van der Waals surface area contributed by atoms with Crippen LogP contribution in [0, 0.1) is 5.41 Å². The molecule has 0 heterocycles. The first-order chi connectivity index (χ1) is 10.8. The molecular weight excluding hydrogens is 294 g/mol. The fourth-order valence-corrected chi connectivity index (χ4v) is 1.75. The third-order valence-corrected chi connectivity index (χ3v) is 3.11. The summed E-state index contributed by atoms with van der Waals surface area (Å²) in [6.45, 7) is 5.36. The van der Waals surface area contributed by atoms with Crippen LogP contribution in [0.3, 0.4) is 0 Å². The summed E-state index contributed by atoms with van der Waals surface area (Å²) >= 11 is 0. The zero-order valence-corrected chi connectivity index (χ0v) is 13.3. The number of nitrogens with one attached hydrogen (secondary N) is 1. The number of aromatic hydroxyl groups is 1. The summed E-state index contributed by atoms with van der Waals surface area (Å²) < 4.78 is 5.17. The minimum absolute atomic E-state index is 0.0302. The first-order valence-electron chi connectivity index (χ1n) is 7.19. The summed E-state index contributed by atoms with van der Waals surface area (Å²) in [6.07, 6.45) is 0. The summed E-state index contributed by atoms with van der Waals surface area (Å²) in [7, 11) is 0. The summed E-state index contributed by atoms with van der Waals surface area (Å²) in [4.78, 5) is 24.0. The zero-order chi connectivity index (χ0) is 17.0. The van der Waals surface area contributed by atoms with Gasteiger partial charge in [0.1, 0.15) is 17.1 Å². The summed E-state index contributed by atoms with van der Waals surface area (Å²) in [5.74, 6) is -0.710. The SMILES string of the molecule is CC(C)(C)C(=O)Nc1ccc(C(=O)Oc2ccccc2)c(O)c1. The second-order valence-corrected chi connectivity index (χ2v) is 6.14. The molecule has 0 radical (unpaired) electrons. The molecule has 0 aliphatic carbocycles. The van der Waals surface area contributed by atoms with E-state index in [1.54, 1.807) is 51.1 Å². The Labute approximate surface area is 134 Å². The molecule has 23 heavy (non-hydrogen) atoms. The van der Waals surface area contributed by atoms with Gasteiger partial charge in [-0.25, -0.2) is 4.79 Å². The van der Waals surface area contributed by atoms with E-state index in [1.807, 2.05) is 6.07 Å². The lowest BCUT2D eigenvalue weighted by Gasteiger charge is -2.18. The van der Waals surface area contributed by atoms with Gasteiger partial charge in [-0.3, -0.25) is 4.79 Å². The number of hydrogen-bond acceptors (Lipinski definition) is 4. The van der Waals surface area contributed by atoms with Crippen molar-refractivity contribution >= 4 is 17.6 Å². The van der Waals surface area contributed by atoms with E-state index >= 15 is 0 Å². The van der Waals surface area contributed by atoms with E-state index in [1.165, 1.54) is 12.1 Å². The molecule has 0 saturated heterocycles. The van der Waals surface area contributed by atoms with Crippen molar-refractivity contribution in [3.63, 3.8) is 0 Å². The van der Waals surface area contributed by atoms with Gasteiger partial charge in [0.05, 0.1) is 0 Å². The van der Waals surface area contributed by atoms with E-state index in [0.29, 0.717) is 11.4 Å². The number of para-hydroxylation sites is 1. The molecule has 0 atom stereocenters. The molecule has 2 N–H and O–H groups in total. The molecule has 0 saturated carbocycles. The van der Waals surface area contributed by atoms with E-state index < -0.39 is 11.4 Å². The van der Waals surface area contributed by atoms with Crippen molar-refractivity contribution in [1.29, 1.82) is 0 Å². The van der Waals surface area contributed by atoms with Crippen LogP contribution in [0.2, 0.25) is 0 Å². The largest absolute Gasteiger partial charge is 0.507 e. The number of hydrogen-bond donors (Lipinski definition) is 2. The van der Waals surface area contributed by atoms with Gasteiger partial charge in [0.15, 0.2) is 0 Å². The van der Waals surface area contributed by atoms with Gasteiger partial charge in [0, 0.05) is 17.2 Å². The first kappa shape index (κ1) is 16.5. The highest BCUT2D eigenvalue weighted by molar-refractivity contribution is 5.97. The first-order valence-corrected chi connectivity index (χ1v) is 7.19. The van der Waals surface area contributed by atoms with Crippen LogP contribution in [0.15, 0.2) is 48.5 Å². The molecule has 1 amide bonds. The number of ether oxygens (including phenoxy) is 1. The number of carbonyl (C=O) groups excluding carboxylic acids is 2. The molecular formula is C18H19NO4. The lowest BCUT2D eigenvalue weighted by Crippen LogP contribution is -2.27. The highest BCUT2D eigenvalue weighted by atomic mass is 16.5. The molecule has 0 bridgehead atoms. The standard InChI is InChI=1S/C18H19NO4/c1-18(2,3)17(22)19-12-9-10-14(15(20)11-12)16(21)23-13-7-5-4-6-8-13/h4-11,20H,1-3H3,(H,19,22). The monoisotopic (exact) mass is 313 g/mol. The third-order valence-electron chi connectivity index (χ3n) is 3.11. The van der Waals surface area contributed by atoms with Crippen molar-refractivity contribution < 1.29 is 19.4 Å². The topological polar surface area (TPSA) is 75.6 Å². The highest BCUT2D eigenvalue weighted by Crippen LogP contribution is 2.25. The number of benzene rings is 2. The summed E-state index contributed by atoms with van der Waals surface area (Å²) in [5.41, 5.74) is -0.109. The van der Waals surface area contributed by atoms with Crippen molar-refractivity contribution in [3.05, 3.63) is 54.1 Å². The Bertz CT molecular complexity index is 718. The number of anilines is 1. The molecule has 0 aliphatic rings. The van der Waals surface area contributed by atoms with Crippen molar-refractivity contribution in [2.75, 3.05) is 5.32 Å². The maximum absolute atomic E-state index is 12.1. The maximum Gasteiger partial charge on any atom is 0.347 e. The Hall–Kier alpha value is -2.82. The zero-order valence-electron chi connectivity index (χ0n) is 13.3. The number of esters is 1. The molecule has 0 aliphatic heterocycles. The number of rotatable bonds is 3. The van der Waals surface area contributed by atoms with Gasteiger partial charge in [-0.15, -0.1) is 0 Å². The van der Waals surface area contributed by atoms with Crippen LogP contribution in [0.1, 0.15) is 31.1 Å². The van der Waals surface area contributed by atoms with E-state index in [0.717, 1.165) is 0 Å². The maximum atomic E-state index is 12.1. The quantitative estimate of drug-likeness (QED) is 0.670. The Kier molecular flexibility index (Phi) is 4.69. The molecule has 0 unspecified atom stereocenters. The van der Waals surface area contributed by atoms with E-state index in [9.17, 15) is 14.7 Å². The second-order valence-electron chi connectivity index (χ2n) is 6.14. The predicted octanol–water partition coefficient (Wildman–Crippen LogP) is 3.60. The van der Waals surface area contributed by atoms with E-state index in [-0.39, 0.29) is 17.2 Å². The number of amides is 1. The van der Waals surface area contributed by atoms with E-state index in [4.69, 9.17) is 4.74 Å². The van der Waals surface area contributed by atoms with Crippen LogP contribution >= 0.6 is 0 Å². The van der Waals surface area contributed by atoms with Crippen molar-refractivity contribution in [3.8, 4) is 11.5 Å². The molecule has 120 valence electrons. The van der Waals surface area contributed by atoms with Crippen molar-refractivity contribution in [2.24, 2.45) is 5.41 Å². The van der Waals surface area contributed by atoms with Crippen LogP contribution in [-0.4, -0.2) is 17.0 Å². The van der Waals surface area contributed by atoms with Gasteiger partial charge in [0.2, 0.25) is 5.91 Å². The second kappa shape index (κ2) is 6.52. The average Bonchev–Trinajstić information content (AvgIpc) is 2.47. The van der Waals surface area contributed by atoms with Gasteiger partial charge in [-0.1, -0.05) is 39.0 Å². The highest BCUT2D eigenvalue weighted by Gasteiger charge is 2.22. The van der Waals surface area contributed by atoms with Gasteiger partial charge in [0.25, 0.3) is 0 Å². The van der Waals surface area contributed by atoms with Crippen LogP contribution in [0.5, 0.6) is 11.5 Å². The Morgan fingerprint density at radius 2 is 1.70 bits per heavy atom. The van der Waals surface area contributed by atoms with E-state index in [2.05, 4.69) is 5.32 Å². The van der Waals surface area contributed by atoms with Gasteiger partial charge in [-0.05, 0) is 24.3 Å². The number of carbonyl (C=O) groups is 2. The Morgan fingerprint density at radius 1 is 1.04 bits per heavy atom. The molecule has 2 aromatic rings. The van der Waals surface area contributed by atoms with Crippen LogP contribution in [0.25, 0.3) is 0 Å². The summed E-state index contributed by atoms with van der Waals surface area (Å²) in [6, 6.07) is 12.9. The van der Waals surface area contributed by atoms with Crippen LogP contribution in [0.4, 0.5) is 5.69 Å². The van der Waals surface area contributed by atoms with Gasteiger partial charge >= 0.3 is 5.97 Å². The lowest BCUT2D eigenvalue weighted by atomic mass is 9.95. The minimum Gasteiger partial charge on any atom is -0.507 e. The molecule has 2 aromatic carbocycles. The van der Waals surface area contributed by atoms with Gasteiger partial charge in [-0.2, -0.15) is 0 Å². The van der Waals surface area contributed by atoms with Crippen molar-refractivity contribution in [2.45, 2.75) is 20.8 Å². The van der Waals surface area contributed by atoms with Crippen LogP contribution < -0.4 is 10.1 Å². The Balaban J connectivity index is 2.13. The third kappa shape index (κ3) is 4.32. The average molecular weight is 313 g/mol. The Morgan fingerprint density at radius 3 is 2.26 bits per heavy atom. The molecule has 0 spiro atoms. The molecule has 0 aromatic heterocycles. The smallest absolute Gasteiger partial charge is 0.347 e. The fraction of sp³-hybridized carbons (Fsp3) is 0.222. The molecule has 0 fully saturated rings. The fourth-order valence-electron chi connectivity index (χ4n) is 1.75. The predicted molar refractivity (Wildman–Crippen MR) is 87.6 cm³/mol. The normalized spacial score (nSPS) is 10.9. The minimum atomic E-state index is -0.664. The molecule has 5 nitrogen and oxygen atoms in total. The molecule has 2 rings (SSSR count). The summed E-state index contributed by atoms with van der Waals surface area (Å²) in [5, 5.41) is 12.7.